The fourth-order valence-corrected chi connectivity index (χ4v) is 4.10. The number of ketones is 1. The van der Waals surface area contributed by atoms with Crippen molar-refractivity contribution in [1.29, 1.82) is 0 Å². The lowest BCUT2D eigenvalue weighted by atomic mass is 9.95. The molecule has 0 spiro atoms. The average molecular weight is 428 g/mol. The molecule has 0 aliphatic carbocycles. The van der Waals surface area contributed by atoms with Gasteiger partial charge in [0.15, 0.2) is 0 Å². The van der Waals surface area contributed by atoms with Crippen LogP contribution in [0, 0.1) is 0 Å². The maximum atomic E-state index is 13.0. The third-order valence-electron chi connectivity index (χ3n) is 5.51. The maximum absolute atomic E-state index is 13.0. The van der Waals surface area contributed by atoms with E-state index in [4.69, 9.17) is 21.1 Å². The van der Waals surface area contributed by atoms with Gasteiger partial charge in [0.2, 0.25) is 0 Å². The van der Waals surface area contributed by atoms with Gasteiger partial charge in [-0.2, -0.15) is 0 Å². The van der Waals surface area contributed by atoms with Gasteiger partial charge in [0.25, 0.3) is 11.7 Å². The van der Waals surface area contributed by atoms with Crippen molar-refractivity contribution in [3.8, 4) is 5.75 Å². The number of amides is 1. The van der Waals surface area contributed by atoms with E-state index in [2.05, 4.69) is 0 Å². The summed E-state index contributed by atoms with van der Waals surface area (Å²) in [5.41, 5.74) is 1.20. The van der Waals surface area contributed by atoms with Crippen LogP contribution in [0.15, 0.2) is 54.1 Å². The molecule has 30 heavy (non-hydrogen) atoms. The second-order valence-corrected chi connectivity index (χ2v) is 7.80. The zero-order valence-electron chi connectivity index (χ0n) is 16.5. The summed E-state index contributed by atoms with van der Waals surface area (Å²) in [5.74, 6) is -0.906. The number of hydrogen-bond acceptors (Lipinski definition) is 5. The first-order chi connectivity index (χ1) is 14.5. The lowest BCUT2D eigenvalue weighted by Gasteiger charge is -2.27. The van der Waals surface area contributed by atoms with Crippen LogP contribution in [0.2, 0.25) is 5.02 Å². The minimum Gasteiger partial charge on any atom is -0.507 e. The van der Waals surface area contributed by atoms with Gasteiger partial charge in [-0.3, -0.25) is 9.59 Å². The molecule has 0 saturated carbocycles. The quantitative estimate of drug-likeness (QED) is 0.444. The zero-order valence-corrected chi connectivity index (χ0v) is 17.3. The Morgan fingerprint density at radius 3 is 2.47 bits per heavy atom. The van der Waals surface area contributed by atoms with Gasteiger partial charge >= 0.3 is 0 Å². The molecule has 2 saturated heterocycles. The van der Waals surface area contributed by atoms with E-state index in [0.717, 1.165) is 12.8 Å². The molecule has 156 valence electrons. The standard InChI is InChI=1S/C23H22ClNO5/c1-29-17-10-6-14(7-11-17)20-19(21(26)15-4-8-16(24)9-5-15)22(27)23(28)25(20)13-18-3-2-12-30-18/h4-11,18,20,26H,2-3,12-13H2,1H3/t18-,20-/m0/s1. The van der Waals surface area contributed by atoms with Crippen molar-refractivity contribution in [1.82, 2.24) is 4.90 Å². The second kappa shape index (κ2) is 8.50. The number of aliphatic hydroxyl groups is 1. The van der Waals surface area contributed by atoms with E-state index in [9.17, 15) is 14.7 Å². The number of nitrogens with zero attached hydrogens (tertiary/aromatic N) is 1. The van der Waals surface area contributed by atoms with E-state index in [1.807, 2.05) is 0 Å². The Bertz CT molecular complexity index is 978. The highest BCUT2D eigenvalue weighted by atomic mass is 35.5. The van der Waals surface area contributed by atoms with Crippen molar-refractivity contribution >= 4 is 29.1 Å². The van der Waals surface area contributed by atoms with Crippen LogP contribution < -0.4 is 4.74 Å². The summed E-state index contributed by atoms with van der Waals surface area (Å²) in [5, 5.41) is 11.5. The van der Waals surface area contributed by atoms with Gasteiger partial charge in [0, 0.05) is 23.7 Å². The van der Waals surface area contributed by atoms with Crippen LogP contribution in [-0.2, 0) is 14.3 Å². The number of ether oxygens (including phenoxy) is 2. The lowest BCUT2D eigenvalue weighted by Crippen LogP contribution is -2.36. The summed E-state index contributed by atoms with van der Waals surface area (Å²) >= 11 is 5.95. The highest BCUT2D eigenvalue weighted by Crippen LogP contribution is 2.40. The molecule has 7 heteroatoms. The van der Waals surface area contributed by atoms with Crippen LogP contribution >= 0.6 is 11.6 Å². The summed E-state index contributed by atoms with van der Waals surface area (Å²) in [6.07, 6.45) is 1.63. The maximum Gasteiger partial charge on any atom is 0.295 e. The molecule has 1 amide bonds. The lowest BCUT2D eigenvalue weighted by molar-refractivity contribution is -0.140. The molecule has 1 N–H and O–H groups in total. The Morgan fingerprint density at radius 2 is 1.87 bits per heavy atom. The Hall–Kier alpha value is -2.83. The molecule has 2 aromatic carbocycles. The van der Waals surface area contributed by atoms with Crippen molar-refractivity contribution in [2.45, 2.75) is 25.0 Å². The van der Waals surface area contributed by atoms with E-state index < -0.39 is 17.7 Å². The van der Waals surface area contributed by atoms with Crippen LogP contribution in [-0.4, -0.2) is 48.1 Å². The first-order valence-corrected chi connectivity index (χ1v) is 10.2. The third-order valence-corrected chi connectivity index (χ3v) is 5.77. The number of hydrogen-bond donors (Lipinski definition) is 1. The second-order valence-electron chi connectivity index (χ2n) is 7.37. The zero-order chi connectivity index (χ0) is 21.3. The van der Waals surface area contributed by atoms with Gasteiger partial charge in [-0.15, -0.1) is 0 Å². The molecule has 0 unspecified atom stereocenters. The van der Waals surface area contributed by atoms with Crippen LogP contribution in [0.5, 0.6) is 5.75 Å². The molecule has 0 bridgehead atoms. The van der Waals surface area contributed by atoms with Gasteiger partial charge in [-0.05, 0) is 54.8 Å². The van der Waals surface area contributed by atoms with Crippen LogP contribution in [0.3, 0.4) is 0 Å². The number of benzene rings is 2. The minimum absolute atomic E-state index is 0.0606. The Labute approximate surface area is 179 Å². The van der Waals surface area contributed by atoms with Crippen LogP contribution in [0.25, 0.3) is 5.76 Å². The first-order valence-electron chi connectivity index (χ1n) is 9.79. The molecular weight excluding hydrogens is 406 g/mol. The molecule has 2 aromatic rings. The topological polar surface area (TPSA) is 76.1 Å². The smallest absolute Gasteiger partial charge is 0.295 e. The summed E-state index contributed by atoms with van der Waals surface area (Å²) in [4.78, 5) is 27.4. The van der Waals surface area contributed by atoms with E-state index >= 15 is 0 Å². The largest absolute Gasteiger partial charge is 0.507 e. The average Bonchev–Trinajstić information content (AvgIpc) is 3.36. The summed E-state index contributed by atoms with van der Waals surface area (Å²) in [6.45, 7) is 0.936. The number of rotatable bonds is 5. The summed E-state index contributed by atoms with van der Waals surface area (Å²) < 4.78 is 10.9. The fraction of sp³-hybridized carbons (Fsp3) is 0.304. The van der Waals surface area contributed by atoms with Crippen molar-refractivity contribution < 1.29 is 24.2 Å². The van der Waals surface area contributed by atoms with E-state index in [1.54, 1.807) is 55.6 Å². The normalized spacial score (nSPS) is 23.2. The summed E-state index contributed by atoms with van der Waals surface area (Å²) in [6, 6.07) is 12.9. The van der Waals surface area contributed by atoms with Crippen molar-refractivity contribution in [2.75, 3.05) is 20.3 Å². The monoisotopic (exact) mass is 427 g/mol. The predicted molar refractivity (Wildman–Crippen MR) is 112 cm³/mol. The van der Waals surface area contributed by atoms with E-state index in [1.165, 1.54) is 4.90 Å². The van der Waals surface area contributed by atoms with E-state index in [-0.39, 0.29) is 17.4 Å². The van der Waals surface area contributed by atoms with Crippen molar-refractivity contribution in [2.24, 2.45) is 0 Å². The molecule has 2 fully saturated rings. The molecule has 2 aliphatic heterocycles. The number of Topliss-reactive ketones (excluding diaryl/α,β-unsaturated/α-hetero) is 1. The third kappa shape index (κ3) is 3.80. The number of likely N-dealkylation sites (tertiary alicyclic amines) is 1. The molecule has 2 aliphatic rings. The molecule has 6 nitrogen and oxygen atoms in total. The Balaban J connectivity index is 1.80. The molecule has 0 aromatic heterocycles. The highest BCUT2D eigenvalue weighted by Gasteiger charge is 2.47. The first kappa shape index (κ1) is 20.4. The number of carbonyl (C=O) groups is 2. The summed E-state index contributed by atoms with van der Waals surface area (Å²) in [7, 11) is 1.57. The predicted octanol–water partition coefficient (Wildman–Crippen LogP) is 3.95. The van der Waals surface area contributed by atoms with Gasteiger partial charge in [0.05, 0.1) is 24.8 Å². The van der Waals surface area contributed by atoms with Gasteiger partial charge in [-0.25, -0.2) is 0 Å². The van der Waals surface area contributed by atoms with Gasteiger partial charge in [0.1, 0.15) is 11.5 Å². The van der Waals surface area contributed by atoms with Crippen LogP contribution in [0.4, 0.5) is 0 Å². The number of aliphatic hydroxyl groups excluding tert-OH is 1. The van der Waals surface area contributed by atoms with Gasteiger partial charge < -0.3 is 19.5 Å². The Morgan fingerprint density at radius 1 is 1.17 bits per heavy atom. The van der Waals surface area contributed by atoms with Crippen molar-refractivity contribution in [3.05, 3.63) is 70.3 Å². The molecule has 2 heterocycles. The minimum atomic E-state index is -0.712. The van der Waals surface area contributed by atoms with Crippen molar-refractivity contribution in [3.63, 3.8) is 0 Å². The highest BCUT2D eigenvalue weighted by molar-refractivity contribution is 6.46. The van der Waals surface area contributed by atoms with Crippen LogP contribution in [0.1, 0.15) is 30.0 Å². The van der Waals surface area contributed by atoms with E-state index in [0.29, 0.717) is 35.1 Å². The number of methoxy groups -OCH3 is 1. The number of halogens is 1. The molecule has 0 radical (unpaired) electrons. The molecule has 4 rings (SSSR count). The SMILES string of the molecule is COc1ccc([C@H]2C(=C(O)c3ccc(Cl)cc3)C(=O)C(=O)N2C[C@@H]2CCCO2)cc1. The Kier molecular flexibility index (Phi) is 5.79. The van der Waals surface area contributed by atoms with Gasteiger partial charge in [-0.1, -0.05) is 23.7 Å². The fourth-order valence-electron chi connectivity index (χ4n) is 3.97. The molecule has 2 atom stereocenters. The number of carbonyl (C=O) groups excluding carboxylic acids is 2. The molecular formula is C23H22ClNO5.